The molecule has 0 unspecified atom stereocenters. The van der Waals surface area contributed by atoms with Crippen molar-refractivity contribution in [1.29, 1.82) is 0 Å². The summed E-state index contributed by atoms with van der Waals surface area (Å²) < 4.78 is 8.87. The van der Waals surface area contributed by atoms with E-state index in [4.69, 9.17) is 0 Å². The first-order valence-electron chi connectivity index (χ1n) is 6.61. The Balaban J connectivity index is 1.79. The second-order valence-electron chi connectivity index (χ2n) is 5.19. The van der Waals surface area contributed by atoms with Crippen molar-refractivity contribution in [2.45, 2.75) is 39.8 Å². The Labute approximate surface area is 109 Å². The maximum atomic E-state index is 2.27. The molecular formula is C14H24N4+2. The summed E-state index contributed by atoms with van der Waals surface area (Å²) in [5.41, 5.74) is 2.65. The van der Waals surface area contributed by atoms with Gasteiger partial charge in [0.2, 0.25) is 0 Å². The molecular weight excluding hydrogens is 224 g/mol. The molecule has 0 saturated carbocycles. The van der Waals surface area contributed by atoms with Crippen molar-refractivity contribution in [3.63, 3.8) is 0 Å². The summed E-state index contributed by atoms with van der Waals surface area (Å²) in [4.78, 5) is 0. The van der Waals surface area contributed by atoms with E-state index in [1.54, 1.807) is 0 Å². The minimum atomic E-state index is 1.09. The molecule has 4 heteroatoms. The standard InChI is InChI=1S/C14H24N4/c1-13-9-15(3)17(11-13)7-5-6-8-18-12-14(2)10-16(18)4/h9-12H,5-8H2,1-4H3/q+2. The second-order valence-corrected chi connectivity index (χ2v) is 5.19. The van der Waals surface area contributed by atoms with Crippen LogP contribution in [-0.4, -0.2) is 9.36 Å². The number of nitrogens with zero attached hydrogens (tertiary/aromatic N) is 4. The van der Waals surface area contributed by atoms with Crippen LogP contribution in [0.5, 0.6) is 0 Å². The molecule has 0 bridgehead atoms. The minimum absolute atomic E-state index is 1.09. The van der Waals surface area contributed by atoms with E-state index in [2.05, 4.69) is 71.5 Å². The summed E-state index contributed by atoms with van der Waals surface area (Å²) in [5.74, 6) is 0. The van der Waals surface area contributed by atoms with E-state index in [0.29, 0.717) is 0 Å². The Bertz CT molecular complexity index is 474. The summed E-state index contributed by atoms with van der Waals surface area (Å²) in [5, 5.41) is 0. The van der Waals surface area contributed by atoms with Gasteiger partial charge in [0.25, 0.3) is 0 Å². The van der Waals surface area contributed by atoms with E-state index in [9.17, 15) is 0 Å². The molecule has 2 aromatic rings. The Hall–Kier alpha value is -1.58. The van der Waals surface area contributed by atoms with Crippen LogP contribution in [0.15, 0.2) is 24.8 Å². The molecule has 0 saturated heterocycles. The van der Waals surface area contributed by atoms with Gasteiger partial charge in [0.05, 0.1) is 25.5 Å². The fourth-order valence-electron chi connectivity index (χ4n) is 2.45. The molecule has 0 atom stereocenters. The molecule has 0 aliphatic carbocycles. The van der Waals surface area contributed by atoms with Gasteiger partial charge in [0.1, 0.15) is 0 Å². The zero-order valence-electron chi connectivity index (χ0n) is 11.9. The number of unbranched alkanes of at least 4 members (excludes halogenated alkanes) is 1. The van der Waals surface area contributed by atoms with E-state index >= 15 is 0 Å². The number of rotatable bonds is 5. The zero-order valence-corrected chi connectivity index (χ0v) is 11.9. The molecule has 2 heterocycles. The van der Waals surface area contributed by atoms with Crippen molar-refractivity contribution in [2.75, 3.05) is 0 Å². The van der Waals surface area contributed by atoms with Crippen LogP contribution in [0.2, 0.25) is 0 Å². The summed E-state index contributed by atoms with van der Waals surface area (Å²) in [7, 11) is 4.20. The predicted molar refractivity (Wildman–Crippen MR) is 69.9 cm³/mol. The van der Waals surface area contributed by atoms with Crippen molar-refractivity contribution < 1.29 is 9.36 Å². The highest BCUT2D eigenvalue weighted by atomic mass is 15.4. The highest BCUT2D eigenvalue weighted by Gasteiger charge is 2.07. The number of hydrogen-bond acceptors (Lipinski definition) is 0. The van der Waals surface area contributed by atoms with E-state index in [0.717, 1.165) is 13.1 Å². The van der Waals surface area contributed by atoms with Crippen LogP contribution in [0, 0.1) is 13.8 Å². The lowest BCUT2D eigenvalue weighted by Gasteiger charge is -2.01. The van der Waals surface area contributed by atoms with Crippen molar-refractivity contribution >= 4 is 0 Å². The molecule has 0 fully saturated rings. The molecule has 0 radical (unpaired) electrons. The van der Waals surface area contributed by atoms with Crippen LogP contribution >= 0.6 is 0 Å². The topological polar surface area (TPSA) is 17.6 Å². The van der Waals surface area contributed by atoms with Crippen LogP contribution in [0.25, 0.3) is 0 Å². The third-order valence-corrected chi connectivity index (χ3v) is 3.32. The second kappa shape index (κ2) is 5.38. The van der Waals surface area contributed by atoms with Crippen molar-refractivity contribution in [3.8, 4) is 0 Å². The van der Waals surface area contributed by atoms with Gasteiger partial charge in [-0.1, -0.05) is 0 Å². The molecule has 0 aliphatic rings. The normalized spacial score (nSPS) is 11.1. The molecule has 2 rings (SSSR count). The molecule has 2 aromatic heterocycles. The first-order chi connectivity index (χ1) is 8.56. The van der Waals surface area contributed by atoms with Gasteiger partial charge in [-0.05, 0) is 26.7 Å². The third kappa shape index (κ3) is 3.00. The van der Waals surface area contributed by atoms with Crippen LogP contribution < -0.4 is 9.36 Å². The molecule has 0 aromatic carbocycles. The molecule has 0 spiro atoms. The average Bonchev–Trinajstić information content (AvgIpc) is 2.77. The summed E-state index contributed by atoms with van der Waals surface area (Å²) in [6.07, 6.45) is 11.2. The zero-order chi connectivity index (χ0) is 13.1. The fourth-order valence-corrected chi connectivity index (χ4v) is 2.45. The van der Waals surface area contributed by atoms with Crippen LogP contribution in [0.4, 0.5) is 0 Å². The molecule has 0 aliphatic heterocycles. The van der Waals surface area contributed by atoms with Gasteiger partial charge in [-0.3, -0.25) is 0 Å². The van der Waals surface area contributed by atoms with Gasteiger partial charge >= 0.3 is 0 Å². The maximum Gasteiger partial charge on any atom is 0.198 e. The smallest absolute Gasteiger partial charge is 0.161 e. The Morgan fingerprint density at radius 2 is 1.22 bits per heavy atom. The van der Waals surface area contributed by atoms with E-state index in [1.165, 1.54) is 24.0 Å². The number of aryl methyl sites for hydroxylation is 6. The highest BCUT2D eigenvalue weighted by Crippen LogP contribution is 2.00. The predicted octanol–water partition coefficient (Wildman–Crippen LogP) is 1.04. The van der Waals surface area contributed by atoms with E-state index in [1.807, 2.05) is 0 Å². The summed E-state index contributed by atoms with van der Waals surface area (Å²) in [6.45, 7) is 6.46. The molecule has 4 nitrogen and oxygen atoms in total. The van der Waals surface area contributed by atoms with Gasteiger partial charge in [-0.25, -0.2) is 0 Å². The average molecular weight is 248 g/mol. The van der Waals surface area contributed by atoms with Gasteiger partial charge in [-0.15, -0.1) is 9.36 Å². The summed E-state index contributed by atoms with van der Waals surface area (Å²) >= 11 is 0. The molecule has 0 amide bonds. The lowest BCUT2D eigenvalue weighted by Crippen LogP contribution is -2.38. The van der Waals surface area contributed by atoms with E-state index in [-0.39, 0.29) is 0 Å². The van der Waals surface area contributed by atoms with Gasteiger partial charge in [0.15, 0.2) is 26.5 Å². The quantitative estimate of drug-likeness (QED) is 0.556. The molecule has 98 valence electrons. The number of aromatic nitrogens is 4. The third-order valence-electron chi connectivity index (χ3n) is 3.32. The lowest BCUT2D eigenvalue weighted by atomic mass is 10.3. The first-order valence-corrected chi connectivity index (χ1v) is 6.61. The molecule has 0 N–H and O–H groups in total. The van der Waals surface area contributed by atoms with Gasteiger partial charge in [0, 0.05) is 11.1 Å². The highest BCUT2D eigenvalue weighted by molar-refractivity contribution is 4.95. The Kier molecular flexibility index (Phi) is 3.84. The first kappa shape index (κ1) is 12.9. The Morgan fingerprint density at radius 3 is 1.50 bits per heavy atom. The monoisotopic (exact) mass is 248 g/mol. The van der Waals surface area contributed by atoms with Crippen LogP contribution in [-0.2, 0) is 27.2 Å². The Morgan fingerprint density at radius 1 is 0.833 bits per heavy atom. The van der Waals surface area contributed by atoms with Crippen molar-refractivity contribution in [3.05, 3.63) is 35.9 Å². The van der Waals surface area contributed by atoms with E-state index < -0.39 is 0 Å². The van der Waals surface area contributed by atoms with Gasteiger partial charge in [-0.2, -0.15) is 9.36 Å². The van der Waals surface area contributed by atoms with Crippen LogP contribution in [0.1, 0.15) is 24.0 Å². The van der Waals surface area contributed by atoms with Crippen molar-refractivity contribution in [2.24, 2.45) is 14.1 Å². The fraction of sp³-hybridized carbons (Fsp3) is 0.571. The largest absolute Gasteiger partial charge is 0.198 e. The maximum absolute atomic E-state index is 2.27. The lowest BCUT2D eigenvalue weighted by molar-refractivity contribution is -0.754. The number of hydrogen-bond donors (Lipinski definition) is 0. The molecule has 18 heavy (non-hydrogen) atoms. The van der Waals surface area contributed by atoms with Crippen LogP contribution in [0.3, 0.4) is 0 Å². The minimum Gasteiger partial charge on any atom is -0.161 e. The van der Waals surface area contributed by atoms with Gasteiger partial charge < -0.3 is 0 Å². The SMILES string of the molecule is Cc1cn(CCCCn2cc(C)c[n+]2C)[n+](C)c1. The van der Waals surface area contributed by atoms with Crippen molar-refractivity contribution in [1.82, 2.24) is 9.36 Å². The summed E-state index contributed by atoms with van der Waals surface area (Å²) in [6, 6.07) is 0.